The zero-order valence-corrected chi connectivity index (χ0v) is 11.3. The van der Waals surface area contributed by atoms with Crippen LogP contribution in [0.15, 0.2) is 23.8 Å². The van der Waals surface area contributed by atoms with Crippen LogP contribution in [0.3, 0.4) is 0 Å². The molecule has 1 heterocycles. The Morgan fingerprint density at radius 3 is 2.56 bits per heavy atom. The Hall–Kier alpha value is -1.77. The van der Waals surface area contributed by atoms with Crippen molar-refractivity contribution in [3.63, 3.8) is 0 Å². The Morgan fingerprint density at radius 1 is 1.22 bits per heavy atom. The average Bonchev–Trinajstić information content (AvgIpc) is 2.34. The summed E-state index contributed by atoms with van der Waals surface area (Å²) in [6.45, 7) is 7.54. The minimum absolute atomic E-state index is 0.0861. The number of nitrogens with two attached hydrogens (primary N) is 1. The molecule has 0 saturated heterocycles. The number of hydrogen-bond donors (Lipinski definition) is 1. The molecule has 1 aliphatic heterocycles. The molecule has 0 bridgehead atoms. The first kappa shape index (κ1) is 12.7. The standard InChI is InChI=1S/C15H20N2O/c1-10-4-6-17(7-5-10)15(18)13-9-14(16)12(3)8-11(13)2/h4,8-9H,5-7,16H2,1-3H3. The van der Waals surface area contributed by atoms with Crippen LogP contribution in [0.1, 0.15) is 34.8 Å². The molecule has 18 heavy (non-hydrogen) atoms. The van der Waals surface area contributed by atoms with Crippen molar-refractivity contribution >= 4 is 11.6 Å². The highest BCUT2D eigenvalue weighted by molar-refractivity contribution is 5.97. The first-order valence-electron chi connectivity index (χ1n) is 6.30. The van der Waals surface area contributed by atoms with E-state index in [2.05, 4.69) is 13.0 Å². The Morgan fingerprint density at radius 2 is 1.94 bits per heavy atom. The highest BCUT2D eigenvalue weighted by Gasteiger charge is 2.19. The number of nitrogen functional groups attached to an aromatic ring is 1. The average molecular weight is 244 g/mol. The Labute approximate surface area is 108 Å². The molecule has 0 saturated carbocycles. The van der Waals surface area contributed by atoms with E-state index in [1.807, 2.05) is 24.8 Å². The van der Waals surface area contributed by atoms with Crippen LogP contribution in [0.5, 0.6) is 0 Å². The largest absolute Gasteiger partial charge is 0.398 e. The molecule has 2 rings (SSSR count). The number of nitrogens with zero attached hydrogens (tertiary/aromatic N) is 1. The molecule has 0 aromatic heterocycles. The first-order chi connectivity index (χ1) is 8.49. The molecule has 1 aliphatic rings. The molecule has 0 aliphatic carbocycles. The van der Waals surface area contributed by atoms with E-state index in [1.165, 1.54) is 5.57 Å². The van der Waals surface area contributed by atoms with Gasteiger partial charge in [-0.2, -0.15) is 0 Å². The summed E-state index contributed by atoms with van der Waals surface area (Å²) in [6, 6.07) is 3.78. The summed E-state index contributed by atoms with van der Waals surface area (Å²) in [5.74, 6) is 0.0861. The number of benzene rings is 1. The van der Waals surface area contributed by atoms with E-state index in [-0.39, 0.29) is 5.91 Å². The van der Waals surface area contributed by atoms with Gasteiger partial charge in [0.05, 0.1) is 0 Å². The summed E-state index contributed by atoms with van der Waals surface area (Å²) in [5.41, 5.74) is 10.7. The monoisotopic (exact) mass is 244 g/mol. The number of hydrogen-bond acceptors (Lipinski definition) is 2. The van der Waals surface area contributed by atoms with Crippen LogP contribution in [0.2, 0.25) is 0 Å². The van der Waals surface area contributed by atoms with E-state index in [9.17, 15) is 4.79 Å². The van der Waals surface area contributed by atoms with Crippen LogP contribution in [0.4, 0.5) is 5.69 Å². The van der Waals surface area contributed by atoms with Crippen molar-refractivity contribution in [3.8, 4) is 0 Å². The molecular weight excluding hydrogens is 224 g/mol. The lowest BCUT2D eigenvalue weighted by Gasteiger charge is -2.26. The van der Waals surface area contributed by atoms with Gasteiger partial charge in [0.25, 0.3) is 5.91 Å². The summed E-state index contributed by atoms with van der Waals surface area (Å²) < 4.78 is 0. The predicted octanol–water partition coefficient (Wildman–Crippen LogP) is 2.68. The van der Waals surface area contributed by atoms with Crippen molar-refractivity contribution in [3.05, 3.63) is 40.5 Å². The van der Waals surface area contributed by atoms with E-state index >= 15 is 0 Å². The minimum atomic E-state index is 0.0861. The van der Waals surface area contributed by atoms with Crippen LogP contribution >= 0.6 is 0 Å². The lowest BCUT2D eigenvalue weighted by Crippen LogP contribution is -2.35. The molecule has 1 amide bonds. The van der Waals surface area contributed by atoms with Crippen molar-refractivity contribution in [2.24, 2.45) is 0 Å². The van der Waals surface area contributed by atoms with Gasteiger partial charge in [0.15, 0.2) is 0 Å². The van der Waals surface area contributed by atoms with Gasteiger partial charge in [-0.3, -0.25) is 4.79 Å². The molecular formula is C15H20N2O. The molecule has 3 nitrogen and oxygen atoms in total. The van der Waals surface area contributed by atoms with Crippen molar-refractivity contribution in [2.45, 2.75) is 27.2 Å². The van der Waals surface area contributed by atoms with Crippen LogP contribution in [0, 0.1) is 13.8 Å². The van der Waals surface area contributed by atoms with Crippen LogP contribution in [-0.2, 0) is 0 Å². The smallest absolute Gasteiger partial charge is 0.254 e. The van der Waals surface area contributed by atoms with Gasteiger partial charge in [0.2, 0.25) is 0 Å². The number of carbonyl (C=O) groups is 1. The van der Waals surface area contributed by atoms with Crippen LogP contribution in [0.25, 0.3) is 0 Å². The minimum Gasteiger partial charge on any atom is -0.398 e. The summed E-state index contributed by atoms with van der Waals surface area (Å²) in [7, 11) is 0. The number of aryl methyl sites for hydroxylation is 2. The Balaban J connectivity index is 2.27. The fraction of sp³-hybridized carbons (Fsp3) is 0.400. The quantitative estimate of drug-likeness (QED) is 0.610. The molecule has 3 heteroatoms. The molecule has 0 spiro atoms. The van der Waals surface area contributed by atoms with Gasteiger partial charge < -0.3 is 10.6 Å². The second kappa shape index (κ2) is 4.84. The molecule has 0 unspecified atom stereocenters. The van der Waals surface area contributed by atoms with E-state index in [1.54, 1.807) is 6.07 Å². The molecule has 1 aromatic carbocycles. The fourth-order valence-electron chi connectivity index (χ4n) is 2.22. The number of amides is 1. The third-order valence-corrected chi connectivity index (χ3v) is 3.57. The van der Waals surface area contributed by atoms with E-state index < -0.39 is 0 Å². The number of rotatable bonds is 1. The van der Waals surface area contributed by atoms with Crippen LogP contribution in [-0.4, -0.2) is 23.9 Å². The highest BCUT2D eigenvalue weighted by Crippen LogP contribution is 2.21. The van der Waals surface area contributed by atoms with Crippen molar-refractivity contribution < 1.29 is 4.79 Å². The second-order valence-electron chi connectivity index (χ2n) is 5.08. The molecule has 1 aromatic rings. The Kier molecular flexibility index (Phi) is 3.41. The third kappa shape index (κ3) is 2.40. The van der Waals surface area contributed by atoms with Gasteiger partial charge in [-0.1, -0.05) is 17.7 Å². The summed E-state index contributed by atoms with van der Waals surface area (Å²) >= 11 is 0. The van der Waals surface area contributed by atoms with Gasteiger partial charge in [-0.25, -0.2) is 0 Å². The van der Waals surface area contributed by atoms with Gasteiger partial charge >= 0.3 is 0 Å². The van der Waals surface area contributed by atoms with Gasteiger partial charge in [-0.05, 0) is 44.4 Å². The van der Waals surface area contributed by atoms with Crippen molar-refractivity contribution in [2.75, 3.05) is 18.8 Å². The lowest BCUT2D eigenvalue weighted by atomic mass is 10.0. The van der Waals surface area contributed by atoms with Gasteiger partial charge in [0, 0.05) is 24.3 Å². The first-order valence-corrected chi connectivity index (χ1v) is 6.30. The fourth-order valence-corrected chi connectivity index (χ4v) is 2.22. The Bertz CT molecular complexity index is 517. The van der Waals surface area contributed by atoms with Gasteiger partial charge in [-0.15, -0.1) is 0 Å². The SMILES string of the molecule is CC1=CCN(C(=O)c2cc(N)c(C)cc2C)CC1. The zero-order chi connectivity index (χ0) is 13.3. The number of anilines is 1. The van der Waals surface area contributed by atoms with Crippen LogP contribution < -0.4 is 5.73 Å². The number of carbonyl (C=O) groups excluding carboxylic acids is 1. The maximum atomic E-state index is 12.4. The predicted molar refractivity (Wildman–Crippen MR) is 74.6 cm³/mol. The van der Waals surface area contributed by atoms with Crippen molar-refractivity contribution in [1.82, 2.24) is 4.90 Å². The molecule has 0 radical (unpaired) electrons. The molecule has 0 atom stereocenters. The zero-order valence-electron chi connectivity index (χ0n) is 11.3. The van der Waals surface area contributed by atoms with Gasteiger partial charge in [0.1, 0.15) is 0 Å². The summed E-state index contributed by atoms with van der Waals surface area (Å²) in [6.07, 6.45) is 3.08. The lowest BCUT2D eigenvalue weighted by molar-refractivity contribution is 0.0768. The maximum absolute atomic E-state index is 12.4. The van der Waals surface area contributed by atoms with E-state index in [0.29, 0.717) is 12.2 Å². The van der Waals surface area contributed by atoms with Crippen molar-refractivity contribution in [1.29, 1.82) is 0 Å². The normalized spacial score (nSPS) is 15.5. The third-order valence-electron chi connectivity index (χ3n) is 3.57. The van der Waals surface area contributed by atoms with E-state index in [4.69, 9.17) is 5.73 Å². The van der Waals surface area contributed by atoms with E-state index in [0.717, 1.165) is 29.7 Å². The summed E-state index contributed by atoms with van der Waals surface area (Å²) in [4.78, 5) is 14.3. The second-order valence-corrected chi connectivity index (χ2v) is 5.08. The summed E-state index contributed by atoms with van der Waals surface area (Å²) in [5, 5.41) is 0. The molecule has 0 fully saturated rings. The molecule has 96 valence electrons. The topological polar surface area (TPSA) is 46.3 Å². The maximum Gasteiger partial charge on any atom is 0.254 e. The highest BCUT2D eigenvalue weighted by atomic mass is 16.2. The molecule has 2 N–H and O–H groups in total.